The molecule has 4 heteroatoms. The number of benzene rings is 2. The summed E-state index contributed by atoms with van der Waals surface area (Å²) in [5.41, 5.74) is 1.56. The van der Waals surface area contributed by atoms with Gasteiger partial charge in [0.2, 0.25) is 0 Å². The third-order valence-corrected chi connectivity index (χ3v) is 6.81. The first kappa shape index (κ1) is 20.8. The summed E-state index contributed by atoms with van der Waals surface area (Å²) in [6, 6.07) is 13.8. The van der Waals surface area contributed by atoms with Crippen molar-refractivity contribution in [3.8, 4) is 17.2 Å². The van der Waals surface area contributed by atoms with Crippen LogP contribution in [-0.2, 0) is 4.79 Å². The van der Waals surface area contributed by atoms with Gasteiger partial charge in [0.05, 0.1) is 6.61 Å². The van der Waals surface area contributed by atoms with Gasteiger partial charge < -0.3 is 14.6 Å². The molecule has 0 saturated heterocycles. The van der Waals surface area contributed by atoms with E-state index < -0.39 is 0 Å². The fourth-order valence-electron chi connectivity index (χ4n) is 5.14. The number of para-hydroxylation sites is 1. The lowest BCUT2D eigenvalue weighted by atomic mass is 9.66. The van der Waals surface area contributed by atoms with E-state index in [0.717, 1.165) is 41.9 Å². The molecule has 1 saturated carbocycles. The Hall–Kier alpha value is -2.49. The molecule has 1 heterocycles. The van der Waals surface area contributed by atoms with E-state index in [-0.39, 0.29) is 34.9 Å². The van der Waals surface area contributed by atoms with Crippen LogP contribution in [-0.4, -0.2) is 23.1 Å². The number of hydrogen-bond acceptors (Lipinski definition) is 4. The van der Waals surface area contributed by atoms with Gasteiger partial charge >= 0.3 is 0 Å². The molecule has 0 spiro atoms. The summed E-state index contributed by atoms with van der Waals surface area (Å²) in [6.07, 6.45) is 3.83. The zero-order valence-electron chi connectivity index (χ0n) is 18.2. The molecule has 160 valence electrons. The molecule has 2 aromatic rings. The zero-order valence-corrected chi connectivity index (χ0v) is 18.2. The van der Waals surface area contributed by atoms with Crippen molar-refractivity contribution in [3.05, 3.63) is 53.6 Å². The highest BCUT2D eigenvalue weighted by atomic mass is 16.5. The molecular weight excluding hydrogens is 376 g/mol. The Morgan fingerprint density at radius 2 is 2.00 bits per heavy atom. The van der Waals surface area contributed by atoms with Crippen molar-refractivity contribution in [2.75, 3.05) is 6.61 Å². The van der Waals surface area contributed by atoms with E-state index in [2.05, 4.69) is 26.8 Å². The van der Waals surface area contributed by atoms with Gasteiger partial charge in [0.1, 0.15) is 28.6 Å². The lowest BCUT2D eigenvalue weighted by Gasteiger charge is -2.47. The van der Waals surface area contributed by atoms with E-state index in [1.165, 1.54) is 0 Å². The normalized spacial score (nSPS) is 23.1. The van der Waals surface area contributed by atoms with E-state index >= 15 is 0 Å². The van der Waals surface area contributed by atoms with Gasteiger partial charge in [-0.1, -0.05) is 25.1 Å². The summed E-state index contributed by atoms with van der Waals surface area (Å²) in [7, 11) is 0. The Kier molecular flexibility index (Phi) is 5.77. The molecule has 4 nitrogen and oxygen atoms in total. The Bertz CT molecular complexity index is 903. The summed E-state index contributed by atoms with van der Waals surface area (Å²) in [5.74, 6) is 2.78. The van der Waals surface area contributed by atoms with Gasteiger partial charge in [-0.05, 0) is 68.9 Å². The van der Waals surface area contributed by atoms with Crippen LogP contribution in [0, 0.1) is 5.92 Å². The molecule has 4 rings (SSSR count). The highest BCUT2D eigenvalue weighted by molar-refractivity contribution is 5.81. The second-order valence-electron chi connectivity index (χ2n) is 9.36. The lowest BCUT2D eigenvalue weighted by molar-refractivity contribution is -0.124. The van der Waals surface area contributed by atoms with Crippen molar-refractivity contribution in [3.63, 3.8) is 0 Å². The van der Waals surface area contributed by atoms with E-state index in [9.17, 15) is 9.90 Å². The molecule has 1 aliphatic heterocycles. The molecule has 2 aliphatic rings. The highest BCUT2D eigenvalue weighted by Crippen LogP contribution is 2.54. The molecule has 2 aromatic carbocycles. The van der Waals surface area contributed by atoms with Crippen molar-refractivity contribution in [1.82, 2.24) is 0 Å². The van der Waals surface area contributed by atoms with Gasteiger partial charge in [0, 0.05) is 30.2 Å². The minimum Gasteiger partial charge on any atom is -0.508 e. The second-order valence-corrected chi connectivity index (χ2v) is 9.36. The smallest absolute Gasteiger partial charge is 0.133 e. The standard InChI is InChI=1S/C26H32O4/c1-17(8-7-13-29-20-9-5-4-6-10-20)18-14-23(28)25-21-16-19(27)11-12-22(21)26(2,3)30-24(25)15-18/h4-6,9-10,14-15,17,21-22,28H,7-8,11-13,16H2,1-3H3. The number of rotatable bonds is 6. The Balaban J connectivity index is 1.47. The number of hydrogen-bond donors (Lipinski definition) is 1. The predicted octanol–water partition coefficient (Wildman–Crippen LogP) is 5.98. The maximum absolute atomic E-state index is 12.1. The van der Waals surface area contributed by atoms with Crippen molar-refractivity contribution < 1.29 is 19.4 Å². The summed E-state index contributed by atoms with van der Waals surface area (Å²) in [6.45, 7) is 7.06. The van der Waals surface area contributed by atoms with Gasteiger partial charge in [-0.3, -0.25) is 4.79 Å². The largest absolute Gasteiger partial charge is 0.508 e. The van der Waals surface area contributed by atoms with Crippen LogP contribution in [0.1, 0.15) is 75.8 Å². The third kappa shape index (κ3) is 4.19. The molecule has 1 fully saturated rings. The average molecular weight is 409 g/mol. The van der Waals surface area contributed by atoms with E-state index in [1.807, 2.05) is 36.4 Å². The first-order valence-corrected chi connectivity index (χ1v) is 11.1. The summed E-state index contributed by atoms with van der Waals surface area (Å²) >= 11 is 0. The number of ether oxygens (including phenoxy) is 2. The summed E-state index contributed by atoms with van der Waals surface area (Å²) in [4.78, 5) is 12.1. The predicted molar refractivity (Wildman–Crippen MR) is 117 cm³/mol. The van der Waals surface area contributed by atoms with E-state index in [0.29, 0.717) is 19.4 Å². The number of phenols is 1. The third-order valence-electron chi connectivity index (χ3n) is 6.81. The topological polar surface area (TPSA) is 55.8 Å². The Morgan fingerprint density at radius 1 is 1.23 bits per heavy atom. The summed E-state index contributed by atoms with van der Waals surface area (Å²) < 4.78 is 12.2. The number of carbonyl (C=O) groups is 1. The zero-order chi connectivity index (χ0) is 21.3. The molecule has 0 aromatic heterocycles. The number of Topliss-reactive ketones (excluding diaryl/α,β-unsaturated/α-hetero) is 1. The van der Waals surface area contributed by atoms with Crippen LogP contribution in [0.15, 0.2) is 42.5 Å². The van der Waals surface area contributed by atoms with Gasteiger partial charge in [-0.2, -0.15) is 0 Å². The molecule has 1 N–H and O–H groups in total. The van der Waals surface area contributed by atoms with Gasteiger partial charge in [0.15, 0.2) is 0 Å². The molecular formula is C26H32O4. The number of carbonyl (C=O) groups excluding carboxylic acids is 1. The minimum absolute atomic E-state index is 0.0497. The van der Waals surface area contributed by atoms with Crippen molar-refractivity contribution in [1.29, 1.82) is 0 Å². The molecule has 3 unspecified atom stereocenters. The maximum Gasteiger partial charge on any atom is 0.133 e. The Morgan fingerprint density at radius 3 is 2.77 bits per heavy atom. The van der Waals surface area contributed by atoms with Gasteiger partial charge in [-0.25, -0.2) is 0 Å². The quantitative estimate of drug-likeness (QED) is 0.598. The van der Waals surface area contributed by atoms with Crippen LogP contribution < -0.4 is 9.47 Å². The fourth-order valence-corrected chi connectivity index (χ4v) is 5.14. The van der Waals surface area contributed by atoms with Gasteiger partial charge in [0.25, 0.3) is 0 Å². The first-order valence-electron chi connectivity index (χ1n) is 11.1. The molecule has 0 bridgehead atoms. The van der Waals surface area contributed by atoms with Gasteiger partial charge in [-0.15, -0.1) is 0 Å². The minimum atomic E-state index is -0.337. The molecule has 3 atom stereocenters. The van der Waals surface area contributed by atoms with Crippen LogP contribution in [0.4, 0.5) is 0 Å². The fraction of sp³-hybridized carbons (Fsp3) is 0.500. The maximum atomic E-state index is 12.1. The van der Waals surface area contributed by atoms with Crippen molar-refractivity contribution in [2.45, 2.75) is 70.3 Å². The van der Waals surface area contributed by atoms with Crippen molar-refractivity contribution >= 4 is 5.78 Å². The monoisotopic (exact) mass is 408 g/mol. The average Bonchev–Trinajstić information content (AvgIpc) is 2.70. The van der Waals surface area contributed by atoms with E-state index in [4.69, 9.17) is 9.47 Å². The SMILES string of the molecule is CC(CCCOc1ccccc1)c1cc(O)c2c(c1)OC(C)(C)C1CCC(=O)CC21. The van der Waals surface area contributed by atoms with Crippen molar-refractivity contribution in [2.24, 2.45) is 5.92 Å². The molecule has 1 aliphatic carbocycles. The lowest BCUT2D eigenvalue weighted by Crippen LogP contribution is -2.47. The Labute approximate surface area is 179 Å². The number of fused-ring (bicyclic) bond motifs is 3. The number of aromatic hydroxyl groups is 1. The number of ketones is 1. The van der Waals surface area contributed by atoms with Crippen LogP contribution >= 0.6 is 0 Å². The number of phenolic OH excluding ortho intramolecular Hbond substituents is 1. The van der Waals surface area contributed by atoms with Crippen LogP contribution in [0.25, 0.3) is 0 Å². The molecule has 0 radical (unpaired) electrons. The van der Waals surface area contributed by atoms with Crippen LogP contribution in [0.5, 0.6) is 17.2 Å². The highest BCUT2D eigenvalue weighted by Gasteiger charge is 2.47. The molecule has 0 amide bonds. The van der Waals surface area contributed by atoms with E-state index in [1.54, 1.807) is 0 Å². The first-order chi connectivity index (χ1) is 14.3. The second kappa shape index (κ2) is 8.33. The summed E-state index contributed by atoms with van der Waals surface area (Å²) in [5, 5.41) is 10.9. The van der Waals surface area contributed by atoms with Crippen LogP contribution in [0.3, 0.4) is 0 Å². The molecule has 30 heavy (non-hydrogen) atoms. The van der Waals surface area contributed by atoms with Crippen LogP contribution in [0.2, 0.25) is 0 Å².